The predicted molar refractivity (Wildman–Crippen MR) is 107 cm³/mol. The van der Waals surface area contributed by atoms with Gasteiger partial charge in [0.1, 0.15) is 5.82 Å². The number of nitrogens with zero attached hydrogens (tertiary/aromatic N) is 3. The van der Waals surface area contributed by atoms with Crippen molar-refractivity contribution in [1.29, 1.82) is 5.26 Å². The number of H-pyrrole nitrogens is 1. The maximum Gasteiger partial charge on any atom is 0.237 e. The Labute approximate surface area is 161 Å². The fourth-order valence-corrected chi connectivity index (χ4v) is 2.98. The topological polar surface area (TPSA) is 94.5 Å². The Morgan fingerprint density at radius 3 is 2.81 bits per heavy atom. The first kappa shape index (κ1) is 18.4. The molecule has 1 unspecified atom stereocenters. The monoisotopic (exact) mass is 375 g/mol. The van der Waals surface area contributed by atoms with E-state index in [9.17, 15) is 4.79 Å². The van der Waals surface area contributed by atoms with Crippen LogP contribution < -0.4 is 5.32 Å². The summed E-state index contributed by atoms with van der Waals surface area (Å²) >= 11 is 1.26. The minimum Gasteiger partial charge on any atom is -0.325 e. The van der Waals surface area contributed by atoms with Crippen LogP contribution in [0.1, 0.15) is 23.9 Å². The standard InChI is InChI=1S/C20H17N5OS/c1-14(19(26)22-17-9-5-8-16(12-17)13-21)27-20-23-18(24-25-20)11-10-15-6-3-2-4-7-15/h2-12,14H,1H3,(H,22,26)(H,23,24,25)/b11-10+. The molecule has 0 saturated carbocycles. The minimum atomic E-state index is -0.391. The molecule has 7 heteroatoms. The van der Waals surface area contributed by atoms with Crippen LogP contribution in [0.2, 0.25) is 0 Å². The molecule has 3 rings (SSSR count). The molecule has 0 bridgehead atoms. The van der Waals surface area contributed by atoms with Crippen molar-refractivity contribution in [3.05, 3.63) is 71.5 Å². The van der Waals surface area contributed by atoms with Crippen LogP contribution in [0.4, 0.5) is 5.69 Å². The third-order valence-electron chi connectivity index (χ3n) is 3.63. The van der Waals surface area contributed by atoms with Crippen LogP contribution in [0.5, 0.6) is 0 Å². The average Bonchev–Trinajstić information content (AvgIpc) is 3.14. The van der Waals surface area contributed by atoms with E-state index in [1.807, 2.05) is 48.6 Å². The van der Waals surface area contributed by atoms with Crippen molar-refractivity contribution < 1.29 is 4.79 Å². The third-order valence-corrected chi connectivity index (χ3v) is 4.59. The van der Waals surface area contributed by atoms with E-state index < -0.39 is 5.25 Å². The highest BCUT2D eigenvalue weighted by molar-refractivity contribution is 8.00. The summed E-state index contributed by atoms with van der Waals surface area (Å²) in [5.41, 5.74) is 2.15. The van der Waals surface area contributed by atoms with Crippen LogP contribution in [0.25, 0.3) is 12.2 Å². The first-order valence-corrected chi connectivity index (χ1v) is 9.15. The lowest BCUT2D eigenvalue weighted by Crippen LogP contribution is -2.22. The van der Waals surface area contributed by atoms with Gasteiger partial charge in [0.2, 0.25) is 11.1 Å². The number of rotatable bonds is 6. The minimum absolute atomic E-state index is 0.179. The number of thioether (sulfide) groups is 1. The Morgan fingerprint density at radius 2 is 2.04 bits per heavy atom. The summed E-state index contributed by atoms with van der Waals surface area (Å²) < 4.78 is 0. The highest BCUT2D eigenvalue weighted by atomic mass is 32.2. The number of benzene rings is 2. The molecule has 1 amide bonds. The Bertz CT molecular complexity index is 991. The van der Waals surface area contributed by atoms with Gasteiger partial charge in [-0.05, 0) is 36.8 Å². The van der Waals surface area contributed by atoms with E-state index in [-0.39, 0.29) is 5.91 Å². The molecule has 2 N–H and O–H groups in total. The van der Waals surface area contributed by atoms with E-state index >= 15 is 0 Å². The summed E-state index contributed by atoms with van der Waals surface area (Å²) in [6.45, 7) is 1.78. The van der Waals surface area contributed by atoms with Gasteiger partial charge < -0.3 is 5.32 Å². The number of aromatic nitrogens is 3. The van der Waals surface area contributed by atoms with Crippen LogP contribution >= 0.6 is 11.8 Å². The molecule has 0 aliphatic rings. The molecule has 0 spiro atoms. The maximum absolute atomic E-state index is 12.3. The van der Waals surface area contributed by atoms with Crippen molar-refractivity contribution in [3.8, 4) is 6.07 Å². The van der Waals surface area contributed by atoms with Crippen LogP contribution in [-0.2, 0) is 4.79 Å². The summed E-state index contributed by atoms with van der Waals surface area (Å²) in [6, 6.07) is 18.7. The van der Waals surface area contributed by atoms with Gasteiger partial charge in [-0.1, -0.05) is 54.2 Å². The van der Waals surface area contributed by atoms with E-state index in [1.165, 1.54) is 11.8 Å². The molecule has 0 fully saturated rings. The molecule has 6 nitrogen and oxygen atoms in total. The number of amides is 1. The van der Waals surface area contributed by atoms with Gasteiger partial charge in [0.15, 0.2) is 0 Å². The van der Waals surface area contributed by atoms with Crippen molar-refractivity contribution in [2.75, 3.05) is 5.32 Å². The molecular formula is C20H17N5OS. The zero-order valence-corrected chi connectivity index (χ0v) is 15.4. The molecule has 1 atom stereocenters. The fourth-order valence-electron chi connectivity index (χ4n) is 2.25. The number of hydrogen-bond acceptors (Lipinski definition) is 5. The molecule has 1 aromatic heterocycles. The number of nitriles is 1. The quantitative estimate of drug-likeness (QED) is 0.636. The number of nitrogens with one attached hydrogen (secondary N) is 2. The Kier molecular flexibility index (Phi) is 6.02. The number of hydrogen-bond donors (Lipinski definition) is 2. The van der Waals surface area contributed by atoms with E-state index in [2.05, 4.69) is 20.5 Å². The highest BCUT2D eigenvalue weighted by Gasteiger charge is 2.17. The Morgan fingerprint density at radius 1 is 1.22 bits per heavy atom. The number of anilines is 1. The van der Waals surface area contributed by atoms with E-state index in [0.717, 1.165) is 5.56 Å². The summed E-state index contributed by atoms with van der Waals surface area (Å²) in [4.78, 5) is 16.7. The molecule has 134 valence electrons. The average molecular weight is 375 g/mol. The zero-order chi connectivity index (χ0) is 19.1. The largest absolute Gasteiger partial charge is 0.325 e. The van der Waals surface area contributed by atoms with Gasteiger partial charge >= 0.3 is 0 Å². The third kappa shape index (κ3) is 5.30. The second kappa shape index (κ2) is 8.83. The van der Waals surface area contributed by atoms with Gasteiger partial charge in [-0.3, -0.25) is 9.89 Å². The maximum atomic E-state index is 12.3. The molecule has 0 radical (unpaired) electrons. The van der Waals surface area contributed by atoms with Crippen LogP contribution in [0, 0.1) is 11.3 Å². The van der Waals surface area contributed by atoms with Crippen LogP contribution in [0.3, 0.4) is 0 Å². The normalized spacial score (nSPS) is 11.9. The van der Waals surface area contributed by atoms with Crippen molar-refractivity contribution in [1.82, 2.24) is 15.2 Å². The van der Waals surface area contributed by atoms with Crippen LogP contribution in [0.15, 0.2) is 59.8 Å². The molecule has 0 saturated heterocycles. The van der Waals surface area contributed by atoms with E-state index in [4.69, 9.17) is 5.26 Å². The highest BCUT2D eigenvalue weighted by Crippen LogP contribution is 2.21. The lowest BCUT2D eigenvalue weighted by atomic mass is 10.2. The summed E-state index contributed by atoms with van der Waals surface area (Å²) in [5, 5.41) is 18.8. The van der Waals surface area contributed by atoms with E-state index in [1.54, 1.807) is 31.2 Å². The second-order valence-corrected chi connectivity index (χ2v) is 7.00. The lowest BCUT2D eigenvalue weighted by Gasteiger charge is -2.10. The van der Waals surface area contributed by atoms with Crippen molar-refractivity contribution in [2.45, 2.75) is 17.3 Å². The van der Waals surface area contributed by atoms with Crippen LogP contribution in [-0.4, -0.2) is 26.3 Å². The van der Waals surface area contributed by atoms with Crippen molar-refractivity contribution >= 4 is 35.5 Å². The Balaban J connectivity index is 1.58. The smallest absolute Gasteiger partial charge is 0.237 e. The molecule has 3 aromatic rings. The number of aromatic amines is 1. The van der Waals surface area contributed by atoms with E-state index in [0.29, 0.717) is 22.2 Å². The molecular weight excluding hydrogens is 358 g/mol. The van der Waals surface area contributed by atoms with Crippen molar-refractivity contribution in [3.63, 3.8) is 0 Å². The van der Waals surface area contributed by atoms with Crippen molar-refractivity contribution in [2.24, 2.45) is 0 Å². The lowest BCUT2D eigenvalue weighted by molar-refractivity contribution is -0.115. The SMILES string of the molecule is CC(Sc1n[nH]c(/C=C/c2ccccc2)n1)C(=O)Nc1cccc(C#N)c1. The molecule has 1 heterocycles. The van der Waals surface area contributed by atoms with Gasteiger partial charge in [-0.2, -0.15) is 5.26 Å². The van der Waals surface area contributed by atoms with Gasteiger partial charge in [-0.25, -0.2) is 4.98 Å². The fraction of sp³-hybridized carbons (Fsp3) is 0.100. The molecule has 0 aliphatic heterocycles. The Hall–Kier alpha value is -3.37. The predicted octanol–water partition coefficient (Wildman–Crippen LogP) is 3.97. The summed E-state index contributed by atoms with van der Waals surface area (Å²) in [7, 11) is 0. The molecule has 2 aromatic carbocycles. The first-order chi connectivity index (χ1) is 13.1. The first-order valence-electron chi connectivity index (χ1n) is 8.27. The number of carbonyl (C=O) groups is 1. The second-order valence-electron chi connectivity index (χ2n) is 5.69. The molecule has 0 aliphatic carbocycles. The summed E-state index contributed by atoms with van der Waals surface area (Å²) in [6.07, 6.45) is 3.78. The van der Waals surface area contributed by atoms with Gasteiger partial charge in [0.05, 0.1) is 16.9 Å². The van der Waals surface area contributed by atoms with Gasteiger partial charge in [0, 0.05) is 5.69 Å². The molecule has 27 heavy (non-hydrogen) atoms. The van der Waals surface area contributed by atoms with Gasteiger partial charge in [0.25, 0.3) is 0 Å². The zero-order valence-electron chi connectivity index (χ0n) is 14.6. The summed E-state index contributed by atoms with van der Waals surface area (Å²) in [5.74, 6) is 0.442. The van der Waals surface area contributed by atoms with Gasteiger partial charge in [-0.15, -0.1) is 5.10 Å². The number of carbonyl (C=O) groups excluding carboxylic acids is 1.